The van der Waals surface area contributed by atoms with Crippen molar-refractivity contribution in [3.8, 4) is 11.5 Å². The van der Waals surface area contributed by atoms with E-state index in [1.54, 1.807) is 0 Å². The predicted molar refractivity (Wildman–Crippen MR) is 57.4 cm³/mol. The second-order valence-electron chi connectivity index (χ2n) is 3.16. The highest BCUT2D eigenvalue weighted by Crippen LogP contribution is 2.40. The molecule has 2 rings (SSSR count). The number of halogens is 2. The van der Waals surface area contributed by atoms with Crippen LogP contribution in [0, 0.1) is 0 Å². The lowest BCUT2D eigenvalue weighted by atomic mass is 9.93. The summed E-state index contributed by atoms with van der Waals surface area (Å²) in [4.78, 5) is 23.1. The first kappa shape index (κ1) is 11.0. The van der Waals surface area contributed by atoms with E-state index < -0.39 is 23.1 Å². The van der Waals surface area contributed by atoms with Crippen LogP contribution in [0.1, 0.15) is 20.7 Å². The fourth-order valence-electron chi connectivity index (χ4n) is 1.47. The number of aromatic hydroxyl groups is 2. The van der Waals surface area contributed by atoms with Crippen molar-refractivity contribution in [2.24, 2.45) is 0 Å². The number of fused-ring (bicyclic) bond motifs is 1. The van der Waals surface area contributed by atoms with E-state index in [1.807, 2.05) is 0 Å². The van der Waals surface area contributed by atoms with E-state index in [2.05, 4.69) is 0 Å². The maximum absolute atomic E-state index is 11.6. The van der Waals surface area contributed by atoms with Gasteiger partial charge in [0.1, 0.15) is 11.5 Å². The number of carbonyl (C=O) groups excluding carboxylic acids is 2. The van der Waals surface area contributed by atoms with Crippen molar-refractivity contribution in [1.29, 1.82) is 0 Å². The van der Waals surface area contributed by atoms with Crippen LogP contribution in [0.25, 0.3) is 0 Å². The fourth-order valence-corrected chi connectivity index (χ4v) is 1.86. The molecular formula is C10H4Cl2O4. The van der Waals surface area contributed by atoms with Crippen LogP contribution in [0.15, 0.2) is 17.2 Å². The van der Waals surface area contributed by atoms with Gasteiger partial charge in [-0.25, -0.2) is 0 Å². The Morgan fingerprint density at radius 1 is 1.06 bits per heavy atom. The lowest BCUT2D eigenvalue weighted by Gasteiger charge is -2.14. The monoisotopic (exact) mass is 258 g/mol. The Morgan fingerprint density at radius 2 is 1.69 bits per heavy atom. The number of ketones is 2. The standard InChI is InChI=1S/C10H4Cl2O4/c11-3-1-5(13)7-8(9(3)15)6(14)2-4(12)10(7)16/h1-2,13,15H. The van der Waals surface area contributed by atoms with Crippen LogP contribution in [0.5, 0.6) is 11.5 Å². The van der Waals surface area contributed by atoms with E-state index in [0.29, 0.717) is 0 Å². The quantitative estimate of drug-likeness (QED) is 0.700. The van der Waals surface area contributed by atoms with Crippen LogP contribution < -0.4 is 0 Å². The summed E-state index contributed by atoms with van der Waals surface area (Å²) in [5, 5.41) is 18.6. The number of allylic oxidation sites excluding steroid dienone is 2. The number of benzene rings is 1. The summed E-state index contributed by atoms with van der Waals surface area (Å²) in [6, 6.07) is 0.983. The van der Waals surface area contributed by atoms with E-state index in [-0.39, 0.29) is 21.2 Å². The molecule has 82 valence electrons. The zero-order chi connectivity index (χ0) is 12.0. The number of phenols is 2. The first-order chi connectivity index (χ1) is 7.43. The van der Waals surface area contributed by atoms with Crippen molar-refractivity contribution < 1.29 is 19.8 Å². The molecule has 1 aromatic rings. The van der Waals surface area contributed by atoms with Gasteiger partial charge in [0.2, 0.25) is 5.78 Å². The Balaban J connectivity index is 2.87. The molecule has 0 saturated heterocycles. The maximum Gasteiger partial charge on any atom is 0.209 e. The Bertz CT molecular complexity index is 560. The topological polar surface area (TPSA) is 74.6 Å². The third-order valence-corrected chi connectivity index (χ3v) is 2.75. The number of carbonyl (C=O) groups is 2. The minimum atomic E-state index is -0.722. The molecule has 0 radical (unpaired) electrons. The van der Waals surface area contributed by atoms with Gasteiger partial charge in [0.05, 0.1) is 21.2 Å². The highest BCUT2D eigenvalue weighted by molar-refractivity contribution is 6.49. The van der Waals surface area contributed by atoms with E-state index in [1.165, 1.54) is 0 Å². The van der Waals surface area contributed by atoms with Crippen LogP contribution in [0.3, 0.4) is 0 Å². The lowest BCUT2D eigenvalue weighted by Crippen LogP contribution is -2.15. The maximum atomic E-state index is 11.6. The van der Waals surface area contributed by atoms with Crippen molar-refractivity contribution >= 4 is 34.8 Å². The first-order valence-electron chi connectivity index (χ1n) is 4.14. The molecule has 0 unspecified atom stereocenters. The average Bonchev–Trinajstić information content (AvgIpc) is 2.20. The number of Topliss-reactive ketones (excluding diaryl/α,β-unsaturated/α-hetero) is 1. The van der Waals surface area contributed by atoms with Gasteiger partial charge in [0.25, 0.3) is 0 Å². The van der Waals surface area contributed by atoms with E-state index >= 15 is 0 Å². The Kier molecular flexibility index (Phi) is 2.40. The Labute approximate surface area is 99.7 Å². The van der Waals surface area contributed by atoms with Gasteiger partial charge < -0.3 is 10.2 Å². The smallest absolute Gasteiger partial charge is 0.209 e. The normalized spacial score (nSPS) is 14.8. The van der Waals surface area contributed by atoms with E-state index in [0.717, 1.165) is 12.1 Å². The zero-order valence-corrected chi connectivity index (χ0v) is 9.13. The SMILES string of the molecule is O=C1C(Cl)=CC(=O)c2c(O)c(Cl)cc(O)c21. The van der Waals surface area contributed by atoms with Gasteiger partial charge in [0, 0.05) is 12.1 Å². The number of hydrogen-bond donors (Lipinski definition) is 2. The molecule has 0 atom stereocenters. The number of hydrogen-bond acceptors (Lipinski definition) is 4. The van der Waals surface area contributed by atoms with Crippen molar-refractivity contribution in [1.82, 2.24) is 0 Å². The van der Waals surface area contributed by atoms with Crippen LogP contribution in [0.4, 0.5) is 0 Å². The Morgan fingerprint density at radius 3 is 2.31 bits per heavy atom. The third-order valence-electron chi connectivity index (χ3n) is 2.18. The van der Waals surface area contributed by atoms with Crippen LogP contribution in [-0.2, 0) is 0 Å². The van der Waals surface area contributed by atoms with Crippen molar-refractivity contribution in [2.75, 3.05) is 0 Å². The fraction of sp³-hybridized carbons (Fsp3) is 0. The molecule has 1 aliphatic carbocycles. The molecule has 0 fully saturated rings. The summed E-state index contributed by atoms with van der Waals surface area (Å²) < 4.78 is 0. The van der Waals surface area contributed by atoms with Gasteiger partial charge in [-0.2, -0.15) is 0 Å². The molecule has 0 aliphatic heterocycles. The highest BCUT2D eigenvalue weighted by atomic mass is 35.5. The van der Waals surface area contributed by atoms with Crippen LogP contribution >= 0.6 is 23.2 Å². The van der Waals surface area contributed by atoms with Gasteiger partial charge in [0.15, 0.2) is 5.78 Å². The summed E-state index contributed by atoms with van der Waals surface area (Å²) >= 11 is 11.1. The minimum absolute atomic E-state index is 0.205. The highest BCUT2D eigenvalue weighted by Gasteiger charge is 2.31. The second-order valence-corrected chi connectivity index (χ2v) is 3.98. The molecule has 1 aliphatic rings. The van der Waals surface area contributed by atoms with Gasteiger partial charge >= 0.3 is 0 Å². The molecular weight excluding hydrogens is 255 g/mol. The summed E-state index contributed by atoms with van der Waals surface area (Å²) in [6.45, 7) is 0. The second kappa shape index (κ2) is 3.50. The molecule has 0 aromatic heterocycles. The lowest BCUT2D eigenvalue weighted by molar-refractivity contribution is 0.0985. The first-order valence-corrected chi connectivity index (χ1v) is 4.89. The molecule has 16 heavy (non-hydrogen) atoms. The molecule has 0 amide bonds. The molecule has 0 bridgehead atoms. The summed E-state index contributed by atoms with van der Waals surface area (Å²) in [5.41, 5.74) is -0.640. The minimum Gasteiger partial charge on any atom is -0.507 e. The van der Waals surface area contributed by atoms with Crippen LogP contribution in [-0.4, -0.2) is 21.8 Å². The molecule has 0 spiro atoms. The molecule has 4 nitrogen and oxygen atoms in total. The predicted octanol–water partition coefficient (Wildman–Crippen LogP) is 2.25. The molecule has 6 heteroatoms. The van der Waals surface area contributed by atoms with E-state index in [4.69, 9.17) is 23.2 Å². The summed E-state index contributed by atoms with van der Waals surface area (Å²) in [5.74, 6) is -2.41. The van der Waals surface area contributed by atoms with Gasteiger partial charge in [-0.3, -0.25) is 9.59 Å². The summed E-state index contributed by atoms with van der Waals surface area (Å²) in [7, 11) is 0. The average molecular weight is 259 g/mol. The van der Waals surface area contributed by atoms with Crippen molar-refractivity contribution in [2.45, 2.75) is 0 Å². The van der Waals surface area contributed by atoms with E-state index in [9.17, 15) is 19.8 Å². The van der Waals surface area contributed by atoms with Crippen molar-refractivity contribution in [3.63, 3.8) is 0 Å². The molecule has 0 saturated carbocycles. The third kappa shape index (κ3) is 1.38. The van der Waals surface area contributed by atoms with Gasteiger partial charge in [-0.15, -0.1) is 0 Å². The zero-order valence-electron chi connectivity index (χ0n) is 7.62. The number of rotatable bonds is 0. The van der Waals surface area contributed by atoms with Crippen molar-refractivity contribution in [3.05, 3.63) is 33.3 Å². The molecule has 2 N–H and O–H groups in total. The largest absolute Gasteiger partial charge is 0.507 e. The number of phenolic OH excluding ortho intramolecular Hbond substituents is 2. The van der Waals surface area contributed by atoms with Gasteiger partial charge in [-0.1, -0.05) is 23.2 Å². The van der Waals surface area contributed by atoms with Crippen LogP contribution in [0.2, 0.25) is 5.02 Å². The Hall–Kier alpha value is -1.52. The molecule has 1 aromatic carbocycles. The molecule has 0 heterocycles. The van der Waals surface area contributed by atoms with Gasteiger partial charge in [-0.05, 0) is 0 Å². The summed E-state index contributed by atoms with van der Waals surface area (Å²) in [6.07, 6.45) is 0.877.